The summed E-state index contributed by atoms with van der Waals surface area (Å²) in [7, 11) is 0. The largest absolute Gasteiger partial charge is 0.0584 e. The second kappa shape index (κ2) is 4.24. The number of hydrogen-bond acceptors (Lipinski definition) is 0. The summed E-state index contributed by atoms with van der Waals surface area (Å²) in [6.45, 7) is 9.15. The first kappa shape index (κ1) is 11.7. The van der Waals surface area contributed by atoms with Crippen LogP contribution in [-0.4, -0.2) is 0 Å². The first-order valence-corrected chi connectivity index (χ1v) is 6.59. The third kappa shape index (κ3) is 2.31. The second-order valence-electron chi connectivity index (χ2n) is 6.31. The molecule has 16 heavy (non-hydrogen) atoms. The predicted molar refractivity (Wildman–Crippen MR) is 71.1 cm³/mol. The number of aryl methyl sites for hydroxylation is 1. The molecule has 0 saturated heterocycles. The van der Waals surface area contributed by atoms with Crippen molar-refractivity contribution in [1.82, 2.24) is 0 Å². The van der Waals surface area contributed by atoms with E-state index in [1.165, 1.54) is 36.8 Å². The Hall–Kier alpha value is -0.780. The van der Waals surface area contributed by atoms with Crippen LogP contribution in [0, 0.1) is 6.92 Å². The highest BCUT2D eigenvalue weighted by atomic mass is 14.2. The molecule has 0 heteroatoms. The molecule has 0 heterocycles. The third-order valence-corrected chi connectivity index (χ3v) is 3.89. The van der Waals surface area contributed by atoms with Crippen LogP contribution in [0.15, 0.2) is 18.2 Å². The van der Waals surface area contributed by atoms with Crippen molar-refractivity contribution in [2.75, 3.05) is 0 Å². The SMILES string of the molecule is Cc1cc(C2CCCC2)ccc1C(C)(C)C. The van der Waals surface area contributed by atoms with Gasteiger partial charge < -0.3 is 0 Å². The normalized spacial score (nSPS) is 18.0. The lowest BCUT2D eigenvalue weighted by Crippen LogP contribution is -2.13. The highest BCUT2D eigenvalue weighted by molar-refractivity contribution is 5.37. The Kier molecular flexibility index (Phi) is 3.10. The Morgan fingerprint density at radius 3 is 2.19 bits per heavy atom. The number of rotatable bonds is 1. The van der Waals surface area contributed by atoms with E-state index in [1.807, 2.05) is 0 Å². The maximum absolute atomic E-state index is 2.43. The van der Waals surface area contributed by atoms with E-state index >= 15 is 0 Å². The smallest absolute Gasteiger partial charge is 0.0129 e. The minimum absolute atomic E-state index is 0.276. The van der Waals surface area contributed by atoms with Gasteiger partial charge >= 0.3 is 0 Å². The molecular weight excluding hydrogens is 192 g/mol. The molecule has 0 spiro atoms. The molecule has 0 N–H and O–H groups in total. The van der Waals surface area contributed by atoms with E-state index in [1.54, 1.807) is 5.56 Å². The molecule has 0 atom stereocenters. The van der Waals surface area contributed by atoms with E-state index in [0.29, 0.717) is 0 Å². The monoisotopic (exact) mass is 216 g/mol. The van der Waals surface area contributed by atoms with Gasteiger partial charge in [0.2, 0.25) is 0 Å². The highest BCUT2D eigenvalue weighted by Crippen LogP contribution is 2.36. The maximum Gasteiger partial charge on any atom is -0.0129 e. The van der Waals surface area contributed by atoms with Crippen molar-refractivity contribution in [3.63, 3.8) is 0 Å². The van der Waals surface area contributed by atoms with Gasteiger partial charge in [0.15, 0.2) is 0 Å². The zero-order chi connectivity index (χ0) is 11.8. The van der Waals surface area contributed by atoms with Gasteiger partial charge in [0.05, 0.1) is 0 Å². The lowest BCUT2D eigenvalue weighted by Gasteiger charge is -2.23. The Balaban J connectivity index is 2.29. The molecule has 1 saturated carbocycles. The van der Waals surface area contributed by atoms with Crippen LogP contribution < -0.4 is 0 Å². The predicted octanol–water partition coefficient (Wildman–Crippen LogP) is 4.95. The van der Waals surface area contributed by atoms with Gasteiger partial charge in [-0.05, 0) is 47.8 Å². The first-order valence-electron chi connectivity index (χ1n) is 6.59. The van der Waals surface area contributed by atoms with Gasteiger partial charge in [-0.15, -0.1) is 0 Å². The van der Waals surface area contributed by atoms with E-state index in [2.05, 4.69) is 45.9 Å². The molecule has 1 aliphatic rings. The Morgan fingerprint density at radius 1 is 1.06 bits per heavy atom. The fraction of sp³-hybridized carbons (Fsp3) is 0.625. The molecule has 0 bridgehead atoms. The molecule has 0 aromatic heterocycles. The quantitative estimate of drug-likeness (QED) is 0.623. The van der Waals surface area contributed by atoms with Crippen LogP contribution in [-0.2, 0) is 5.41 Å². The molecule has 88 valence electrons. The van der Waals surface area contributed by atoms with E-state index in [9.17, 15) is 0 Å². The van der Waals surface area contributed by atoms with Crippen molar-refractivity contribution in [2.45, 2.75) is 64.7 Å². The zero-order valence-electron chi connectivity index (χ0n) is 11.1. The minimum atomic E-state index is 0.276. The van der Waals surface area contributed by atoms with Gasteiger partial charge in [-0.3, -0.25) is 0 Å². The molecule has 0 nitrogen and oxygen atoms in total. The van der Waals surface area contributed by atoms with Crippen molar-refractivity contribution < 1.29 is 0 Å². The number of hydrogen-bond donors (Lipinski definition) is 0. The molecule has 0 aliphatic heterocycles. The summed E-state index contributed by atoms with van der Waals surface area (Å²) >= 11 is 0. The summed E-state index contributed by atoms with van der Waals surface area (Å²) in [5.41, 5.74) is 4.81. The second-order valence-corrected chi connectivity index (χ2v) is 6.31. The molecular formula is C16H24. The molecule has 1 aliphatic carbocycles. The Morgan fingerprint density at radius 2 is 1.69 bits per heavy atom. The highest BCUT2D eigenvalue weighted by Gasteiger charge is 2.20. The molecule has 1 aromatic carbocycles. The van der Waals surface area contributed by atoms with Crippen LogP contribution in [0.5, 0.6) is 0 Å². The molecule has 1 fully saturated rings. The van der Waals surface area contributed by atoms with Crippen molar-refractivity contribution in [1.29, 1.82) is 0 Å². The fourth-order valence-corrected chi connectivity index (χ4v) is 3.04. The van der Waals surface area contributed by atoms with E-state index in [0.717, 1.165) is 5.92 Å². The summed E-state index contributed by atoms with van der Waals surface area (Å²) in [6, 6.07) is 7.14. The van der Waals surface area contributed by atoms with E-state index < -0.39 is 0 Å². The Bertz CT molecular complexity index is 362. The molecule has 0 unspecified atom stereocenters. The summed E-state index contributed by atoms with van der Waals surface area (Å²) < 4.78 is 0. The molecule has 1 aromatic rings. The van der Waals surface area contributed by atoms with Gasteiger partial charge in [0, 0.05) is 0 Å². The van der Waals surface area contributed by atoms with E-state index in [4.69, 9.17) is 0 Å². The maximum atomic E-state index is 2.43. The molecule has 0 radical (unpaired) electrons. The van der Waals surface area contributed by atoms with Crippen LogP contribution in [0.4, 0.5) is 0 Å². The van der Waals surface area contributed by atoms with Crippen molar-refractivity contribution in [2.24, 2.45) is 0 Å². The standard InChI is InChI=1S/C16H24/c1-12-11-14(13-7-5-6-8-13)9-10-15(12)16(2,3)4/h9-11,13H,5-8H2,1-4H3. The average molecular weight is 216 g/mol. The summed E-state index contributed by atoms with van der Waals surface area (Å²) in [6.07, 6.45) is 5.64. The van der Waals surface area contributed by atoms with Crippen LogP contribution in [0.3, 0.4) is 0 Å². The zero-order valence-corrected chi connectivity index (χ0v) is 11.1. The Labute approximate surface area is 100 Å². The van der Waals surface area contributed by atoms with Gasteiger partial charge in [-0.1, -0.05) is 51.8 Å². The summed E-state index contributed by atoms with van der Waals surface area (Å²) in [5.74, 6) is 0.840. The van der Waals surface area contributed by atoms with Gasteiger partial charge in [-0.25, -0.2) is 0 Å². The van der Waals surface area contributed by atoms with Crippen molar-refractivity contribution in [3.05, 3.63) is 34.9 Å². The topological polar surface area (TPSA) is 0 Å². The molecule has 0 amide bonds. The average Bonchev–Trinajstić information content (AvgIpc) is 2.68. The molecule has 2 rings (SSSR count). The van der Waals surface area contributed by atoms with Crippen LogP contribution in [0.1, 0.15) is 69.1 Å². The summed E-state index contributed by atoms with van der Waals surface area (Å²) in [4.78, 5) is 0. The fourth-order valence-electron chi connectivity index (χ4n) is 3.04. The van der Waals surface area contributed by atoms with Crippen molar-refractivity contribution in [3.8, 4) is 0 Å². The van der Waals surface area contributed by atoms with Gasteiger partial charge in [0.25, 0.3) is 0 Å². The van der Waals surface area contributed by atoms with Gasteiger partial charge in [-0.2, -0.15) is 0 Å². The van der Waals surface area contributed by atoms with Gasteiger partial charge in [0.1, 0.15) is 0 Å². The third-order valence-electron chi connectivity index (χ3n) is 3.89. The minimum Gasteiger partial charge on any atom is -0.0584 e. The first-order chi connectivity index (χ1) is 7.48. The van der Waals surface area contributed by atoms with Crippen LogP contribution in [0.2, 0.25) is 0 Å². The van der Waals surface area contributed by atoms with Crippen LogP contribution in [0.25, 0.3) is 0 Å². The van der Waals surface area contributed by atoms with Crippen LogP contribution >= 0.6 is 0 Å². The van der Waals surface area contributed by atoms with Crippen molar-refractivity contribution >= 4 is 0 Å². The lowest BCUT2D eigenvalue weighted by atomic mass is 9.82. The lowest BCUT2D eigenvalue weighted by molar-refractivity contribution is 0.585. The summed E-state index contributed by atoms with van der Waals surface area (Å²) in [5, 5.41) is 0. The number of benzene rings is 1. The van der Waals surface area contributed by atoms with E-state index in [-0.39, 0.29) is 5.41 Å².